The van der Waals surface area contributed by atoms with Gasteiger partial charge in [-0.05, 0) is 59.3 Å². The molecule has 1 saturated carbocycles. The van der Waals surface area contributed by atoms with Crippen LogP contribution in [0.1, 0.15) is 60.3 Å². The Morgan fingerprint density at radius 3 is 2.32 bits per heavy atom. The SMILES string of the molecule is CCNC(=NCC(=O)OC(C)(C)C)NC1CCC(C)CC1.I. The van der Waals surface area contributed by atoms with E-state index in [0.29, 0.717) is 12.0 Å². The molecule has 1 fully saturated rings. The number of carbonyl (C=O) groups is 1. The molecule has 1 aliphatic rings. The summed E-state index contributed by atoms with van der Waals surface area (Å²) >= 11 is 0. The predicted octanol–water partition coefficient (Wildman–Crippen LogP) is 3.08. The minimum Gasteiger partial charge on any atom is -0.459 e. The summed E-state index contributed by atoms with van der Waals surface area (Å²) in [5, 5.41) is 6.62. The maximum atomic E-state index is 11.7. The molecule has 0 aromatic carbocycles. The molecule has 1 rings (SSSR count). The van der Waals surface area contributed by atoms with Crippen molar-refractivity contribution in [2.45, 2.75) is 71.9 Å². The van der Waals surface area contributed by atoms with Crippen molar-refractivity contribution in [3.63, 3.8) is 0 Å². The van der Waals surface area contributed by atoms with Crippen molar-refractivity contribution in [1.82, 2.24) is 10.6 Å². The summed E-state index contributed by atoms with van der Waals surface area (Å²) in [6, 6.07) is 0.456. The summed E-state index contributed by atoms with van der Waals surface area (Å²) < 4.78 is 5.27. The molecule has 1 aliphatic carbocycles. The van der Waals surface area contributed by atoms with Gasteiger partial charge in [0, 0.05) is 12.6 Å². The summed E-state index contributed by atoms with van der Waals surface area (Å²) in [6.45, 7) is 10.7. The van der Waals surface area contributed by atoms with Crippen LogP contribution in [0, 0.1) is 5.92 Å². The fourth-order valence-corrected chi connectivity index (χ4v) is 2.44. The van der Waals surface area contributed by atoms with Crippen LogP contribution in [0.15, 0.2) is 4.99 Å². The molecule has 6 heteroatoms. The number of guanidine groups is 1. The quantitative estimate of drug-likeness (QED) is 0.315. The molecule has 0 unspecified atom stereocenters. The van der Waals surface area contributed by atoms with Crippen LogP contribution in [0.25, 0.3) is 0 Å². The van der Waals surface area contributed by atoms with Crippen LogP contribution in [0.2, 0.25) is 0 Å². The number of rotatable bonds is 4. The average molecular weight is 425 g/mol. The third kappa shape index (κ3) is 9.48. The lowest BCUT2D eigenvalue weighted by Crippen LogP contribution is -2.45. The maximum absolute atomic E-state index is 11.7. The van der Waals surface area contributed by atoms with E-state index in [1.807, 2.05) is 27.7 Å². The molecule has 2 N–H and O–H groups in total. The first kappa shape index (κ1) is 21.5. The van der Waals surface area contributed by atoms with Crippen LogP contribution in [-0.4, -0.2) is 36.7 Å². The highest BCUT2D eigenvalue weighted by atomic mass is 127. The highest BCUT2D eigenvalue weighted by Gasteiger charge is 2.19. The average Bonchev–Trinajstić information content (AvgIpc) is 2.37. The summed E-state index contributed by atoms with van der Waals surface area (Å²) in [4.78, 5) is 16.0. The Morgan fingerprint density at radius 2 is 1.82 bits per heavy atom. The predicted molar refractivity (Wildman–Crippen MR) is 102 cm³/mol. The van der Waals surface area contributed by atoms with Crippen molar-refractivity contribution < 1.29 is 9.53 Å². The van der Waals surface area contributed by atoms with Gasteiger partial charge in [-0.3, -0.25) is 4.79 Å². The minimum absolute atomic E-state index is 0. The lowest BCUT2D eigenvalue weighted by Gasteiger charge is -2.28. The van der Waals surface area contributed by atoms with Gasteiger partial charge >= 0.3 is 5.97 Å². The monoisotopic (exact) mass is 425 g/mol. The van der Waals surface area contributed by atoms with Crippen molar-refractivity contribution >= 4 is 35.9 Å². The van der Waals surface area contributed by atoms with Crippen molar-refractivity contribution in [3.8, 4) is 0 Å². The Hall–Kier alpha value is -0.530. The smallest absolute Gasteiger partial charge is 0.328 e. The number of esters is 1. The molecule has 0 aliphatic heterocycles. The van der Waals surface area contributed by atoms with E-state index in [-0.39, 0.29) is 36.5 Å². The Balaban J connectivity index is 0.00000441. The molecule has 0 atom stereocenters. The van der Waals surface area contributed by atoms with Gasteiger partial charge in [-0.15, -0.1) is 24.0 Å². The number of nitrogens with one attached hydrogen (secondary N) is 2. The Morgan fingerprint density at radius 1 is 1.23 bits per heavy atom. The van der Waals surface area contributed by atoms with Gasteiger partial charge in [0.25, 0.3) is 0 Å². The van der Waals surface area contributed by atoms with Gasteiger partial charge in [0.05, 0.1) is 0 Å². The molecular formula is C16H32IN3O2. The Kier molecular flexibility index (Phi) is 10.0. The number of halogens is 1. The Labute approximate surface area is 152 Å². The van der Waals surface area contributed by atoms with Crippen molar-refractivity contribution in [2.75, 3.05) is 13.1 Å². The second kappa shape index (κ2) is 10.3. The fraction of sp³-hybridized carbons (Fsp3) is 0.875. The number of ether oxygens (including phenoxy) is 1. The zero-order valence-electron chi connectivity index (χ0n) is 14.6. The summed E-state index contributed by atoms with van der Waals surface area (Å²) in [5.74, 6) is 1.24. The zero-order chi connectivity index (χ0) is 15.9. The molecule has 5 nitrogen and oxygen atoms in total. The van der Waals surface area contributed by atoms with E-state index in [2.05, 4.69) is 22.5 Å². The third-order valence-electron chi connectivity index (χ3n) is 3.49. The number of hydrogen-bond acceptors (Lipinski definition) is 3. The molecule has 0 aromatic heterocycles. The van der Waals surface area contributed by atoms with E-state index >= 15 is 0 Å². The van der Waals surface area contributed by atoms with Gasteiger partial charge in [-0.25, -0.2) is 4.99 Å². The number of nitrogens with zero attached hydrogens (tertiary/aromatic N) is 1. The molecule has 0 heterocycles. The molecule has 0 radical (unpaired) electrons. The van der Waals surface area contributed by atoms with Crippen LogP contribution in [0.4, 0.5) is 0 Å². The van der Waals surface area contributed by atoms with E-state index in [9.17, 15) is 4.79 Å². The molecule has 22 heavy (non-hydrogen) atoms. The highest BCUT2D eigenvalue weighted by molar-refractivity contribution is 14.0. The van der Waals surface area contributed by atoms with Gasteiger partial charge < -0.3 is 15.4 Å². The zero-order valence-corrected chi connectivity index (χ0v) is 16.9. The van der Waals surface area contributed by atoms with E-state index in [1.165, 1.54) is 12.8 Å². The lowest BCUT2D eigenvalue weighted by molar-refractivity contribution is -0.152. The van der Waals surface area contributed by atoms with Gasteiger partial charge in [0.2, 0.25) is 0 Å². The van der Waals surface area contributed by atoms with Crippen LogP contribution < -0.4 is 10.6 Å². The molecule has 0 spiro atoms. The molecule has 0 saturated heterocycles. The van der Waals surface area contributed by atoms with E-state index in [1.54, 1.807) is 0 Å². The van der Waals surface area contributed by atoms with Gasteiger partial charge in [-0.2, -0.15) is 0 Å². The first-order valence-corrected chi connectivity index (χ1v) is 8.07. The van der Waals surface area contributed by atoms with E-state index in [4.69, 9.17) is 4.74 Å². The second-order valence-electron chi connectivity index (χ2n) is 6.88. The molecule has 130 valence electrons. The van der Waals surface area contributed by atoms with Crippen LogP contribution in [-0.2, 0) is 9.53 Å². The minimum atomic E-state index is -0.460. The van der Waals surface area contributed by atoms with Crippen LogP contribution in [0.5, 0.6) is 0 Å². The number of aliphatic imine (C=N–C) groups is 1. The second-order valence-corrected chi connectivity index (χ2v) is 6.88. The van der Waals surface area contributed by atoms with Crippen molar-refractivity contribution in [3.05, 3.63) is 0 Å². The van der Waals surface area contributed by atoms with Gasteiger partial charge in [0.15, 0.2) is 5.96 Å². The lowest BCUT2D eigenvalue weighted by atomic mass is 9.87. The summed E-state index contributed by atoms with van der Waals surface area (Å²) in [5.41, 5.74) is -0.460. The third-order valence-corrected chi connectivity index (χ3v) is 3.49. The normalized spacial score (nSPS) is 22.5. The molecule has 0 amide bonds. The number of hydrogen-bond donors (Lipinski definition) is 2. The van der Waals surface area contributed by atoms with Gasteiger partial charge in [0.1, 0.15) is 12.1 Å². The topological polar surface area (TPSA) is 62.7 Å². The molecule has 0 bridgehead atoms. The van der Waals surface area contributed by atoms with Gasteiger partial charge in [-0.1, -0.05) is 6.92 Å². The molecule has 0 aromatic rings. The Bertz CT molecular complexity index is 359. The largest absolute Gasteiger partial charge is 0.459 e. The van der Waals surface area contributed by atoms with Crippen LogP contribution >= 0.6 is 24.0 Å². The first-order valence-electron chi connectivity index (χ1n) is 8.07. The highest BCUT2D eigenvalue weighted by Crippen LogP contribution is 2.23. The van der Waals surface area contributed by atoms with E-state index < -0.39 is 5.60 Å². The standard InChI is InChI=1S/C16H31N3O2.HI/c1-6-17-15(18-11-14(20)21-16(3,4)5)19-13-9-7-12(2)8-10-13;/h12-13H,6-11H2,1-5H3,(H2,17,18,19);1H. The maximum Gasteiger partial charge on any atom is 0.328 e. The molecular weight excluding hydrogens is 393 g/mol. The van der Waals surface area contributed by atoms with Crippen molar-refractivity contribution in [2.24, 2.45) is 10.9 Å². The number of carbonyl (C=O) groups excluding carboxylic acids is 1. The van der Waals surface area contributed by atoms with E-state index in [0.717, 1.165) is 25.3 Å². The van der Waals surface area contributed by atoms with Crippen LogP contribution in [0.3, 0.4) is 0 Å². The van der Waals surface area contributed by atoms with Crippen molar-refractivity contribution in [1.29, 1.82) is 0 Å². The fourth-order valence-electron chi connectivity index (χ4n) is 2.44. The first-order chi connectivity index (χ1) is 9.80. The summed E-state index contributed by atoms with van der Waals surface area (Å²) in [7, 11) is 0. The summed E-state index contributed by atoms with van der Waals surface area (Å²) in [6.07, 6.45) is 4.84.